The summed E-state index contributed by atoms with van der Waals surface area (Å²) in [6.07, 6.45) is 9.45. The van der Waals surface area contributed by atoms with Crippen molar-refractivity contribution in [1.29, 1.82) is 0 Å². The number of nitrogens with zero attached hydrogens (tertiary/aromatic N) is 1. The van der Waals surface area contributed by atoms with Gasteiger partial charge >= 0.3 is 0 Å². The Morgan fingerprint density at radius 3 is 1.39 bits per heavy atom. The number of unbranched alkanes of at least 4 members (excludes halogenated alkanes) is 6. The molecule has 0 aliphatic rings. The van der Waals surface area contributed by atoms with Crippen LogP contribution in [0, 0.1) is 0 Å². The molecule has 0 aliphatic carbocycles. The van der Waals surface area contributed by atoms with Gasteiger partial charge in [0.2, 0.25) is 0 Å². The predicted octanol–water partition coefficient (Wildman–Crippen LogP) is 6.92. The Morgan fingerprint density at radius 2 is 0.957 bits per heavy atom. The Labute approximate surface area is 277 Å². The molecule has 260 valence electrons. The first-order valence-corrected chi connectivity index (χ1v) is 17.1. The smallest absolute Gasteiger partial charge is 0.119 e. The molecule has 2 rings (SSSR count). The normalized spacial score (nSPS) is 14.3. The first-order chi connectivity index (χ1) is 22.3. The summed E-state index contributed by atoms with van der Waals surface area (Å²) in [5.74, 6) is 1.72. The molecule has 4 atom stereocenters. The zero-order valence-electron chi connectivity index (χ0n) is 28.6. The van der Waals surface area contributed by atoms with E-state index in [-0.39, 0.29) is 12.2 Å². The lowest BCUT2D eigenvalue weighted by Crippen LogP contribution is -2.21. The lowest BCUT2D eigenvalue weighted by Gasteiger charge is -2.14. The third-order valence-corrected chi connectivity index (χ3v) is 6.93. The Balaban J connectivity index is 1.48. The van der Waals surface area contributed by atoms with Gasteiger partial charge in [-0.3, -0.25) is 4.99 Å². The summed E-state index contributed by atoms with van der Waals surface area (Å²) in [5.41, 5.74) is 1.89. The fourth-order valence-electron chi connectivity index (χ4n) is 4.33. The second kappa shape index (κ2) is 25.5. The molecule has 2 aromatic rings. The Kier molecular flexibility index (Phi) is 22.0. The van der Waals surface area contributed by atoms with Gasteiger partial charge in [0.15, 0.2) is 0 Å². The molecule has 0 aliphatic heterocycles. The zero-order valence-corrected chi connectivity index (χ0v) is 28.6. The standard InChI is InChI=1S/C37H59NO8/c1-30(39)26-45-32(3)28-41-21-9-5-7-11-23-43-36-17-13-34(14-18-36)25-38-35-15-19-37(20-16-35)44-24-12-8-6-10-22-42-29-33(4)46-27-31(2)40/h13-20,25,30-33,39-40H,5-12,21-24,26-29H2,1-4H3/b38-25+. The molecule has 0 fully saturated rings. The van der Waals surface area contributed by atoms with Crippen LogP contribution in [0.5, 0.6) is 11.5 Å². The van der Waals surface area contributed by atoms with Crippen LogP contribution in [0.1, 0.15) is 84.6 Å². The summed E-state index contributed by atoms with van der Waals surface area (Å²) in [6.45, 7) is 12.0. The lowest BCUT2D eigenvalue weighted by atomic mass is 10.2. The highest BCUT2D eigenvalue weighted by molar-refractivity contribution is 5.82. The maximum absolute atomic E-state index is 9.24. The number of aliphatic imine (C=N–C) groups is 1. The molecule has 0 bridgehead atoms. The number of rotatable bonds is 28. The quantitative estimate of drug-likeness (QED) is 0.0759. The Hall–Kier alpha value is -2.53. The van der Waals surface area contributed by atoms with Crippen LogP contribution in [-0.2, 0) is 18.9 Å². The molecular formula is C37H59NO8. The van der Waals surface area contributed by atoms with Gasteiger partial charge in [0.25, 0.3) is 0 Å². The van der Waals surface area contributed by atoms with Crippen LogP contribution in [0.3, 0.4) is 0 Å². The van der Waals surface area contributed by atoms with Crippen LogP contribution in [-0.4, -0.2) is 93.7 Å². The van der Waals surface area contributed by atoms with E-state index in [1.165, 1.54) is 0 Å². The molecule has 4 unspecified atom stereocenters. The second-order valence-corrected chi connectivity index (χ2v) is 12.0. The highest BCUT2D eigenvalue weighted by atomic mass is 16.5. The van der Waals surface area contributed by atoms with Gasteiger partial charge in [0, 0.05) is 19.4 Å². The van der Waals surface area contributed by atoms with E-state index in [9.17, 15) is 10.2 Å². The lowest BCUT2D eigenvalue weighted by molar-refractivity contribution is -0.0369. The SMILES string of the molecule is CC(O)COC(C)COCCCCCCOc1ccc(/C=N/c2ccc(OCCCCCCOCC(C)OCC(C)O)cc2)cc1. The minimum absolute atomic E-state index is 0.000597. The van der Waals surface area contributed by atoms with Gasteiger partial charge in [-0.2, -0.15) is 0 Å². The fourth-order valence-corrected chi connectivity index (χ4v) is 4.33. The van der Waals surface area contributed by atoms with E-state index < -0.39 is 12.2 Å². The summed E-state index contributed by atoms with van der Waals surface area (Å²) >= 11 is 0. The molecular weight excluding hydrogens is 586 g/mol. The number of aliphatic hydroxyl groups excluding tert-OH is 2. The first-order valence-electron chi connectivity index (χ1n) is 17.1. The Morgan fingerprint density at radius 1 is 0.543 bits per heavy atom. The van der Waals surface area contributed by atoms with Gasteiger partial charge in [-0.15, -0.1) is 0 Å². The molecule has 9 heteroatoms. The first kappa shape index (κ1) is 39.6. The van der Waals surface area contributed by atoms with Crippen molar-refractivity contribution in [2.45, 2.75) is 103 Å². The van der Waals surface area contributed by atoms with Gasteiger partial charge < -0.3 is 38.6 Å². The molecule has 46 heavy (non-hydrogen) atoms. The van der Waals surface area contributed by atoms with Crippen LogP contribution < -0.4 is 9.47 Å². The van der Waals surface area contributed by atoms with Crippen molar-refractivity contribution >= 4 is 11.9 Å². The van der Waals surface area contributed by atoms with Crippen LogP contribution in [0.4, 0.5) is 5.69 Å². The molecule has 0 radical (unpaired) electrons. The molecule has 0 aromatic heterocycles. The minimum atomic E-state index is -0.443. The average Bonchev–Trinajstić information content (AvgIpc) is 3.05. The van der Waals surface area contributed by atoms with Crippen molar-refractivity contribution in [1.82, 2.24) is 0 Å². The van der Waals surface area contributed by atoms with Gasteiger partial charge in [-0.25, -0.2) is 0 Å². The molecule has 0 amide bonds. The highest BCUT2D eigenvalue weighted by Crippen LogP contribution is 2.19. The average molecular weight is 646 g/mol. The van der Waals surface area contributed by atoms with E-state index in [1.807, 2.05) is 68.6 Å². The van der Waals surface area contributed by atoms with Crippen molar-refractivity contribution in [3.05, 3.63) is 54.1 Å². The number of benzene rings is 2. The van der Waals surface area contributed by atoms with Crippen molar-refractivity contribution in [3.63, 3.8) is 0 Å². The highest BCUT2D eigenvalue weighted by Gasteiger charge is 2.06. The van der Waals surface area contributed by atoms with Gasteiger partial charge in [-0.1, -0.05) is 12.8 Å². The van der Waals surface area contributed by atoms with Crippen LogP contribution >= 0.6 is 0 Å². The minimum Gasteiger partial charge on any atom is -0.494 e. The van der Waals surface area contributed by atoms with Crippen LogP contribution in [0.2, 0.25) is 0 Å². The summed E-state index contributed by atoms with van der Waals surface area (Å²) in [7, 11) is 0. The molecule has 0 saturated carbocycles. The predicted molar refractivity (Wildman–Crippen MR) is 184 cm³/mol. The van der Waals surface area contributed by atoms with Crippen molar-refractivity contribution in [2.75, 3.05) is 52.9 Å². The van der Waals surface area contributed by atoms with E-state index in [4.69, 9.17) is 28.4 Å². The molecule has 2 N–H and O–H groups in total. The van der Waals surface area contributed by atoms with Crippen molar-refractivity contribution in [3.8, 4) is 11.5 Å². The van der Waals surface area contributed by atoms with E-state index in [1.54, 1.807) is 13.8 Å². The number of hydrogen-bond donors (Lipinski definition) is 2. The molecule has 9 nitrogen and oxygen atoms in total. The zero-order chi connectivity index (χ0) is 33.2. The van der Waals surface area contributed by atoms with Gasteiger partial charge in [0.1, 0.15) is 11.5 Å². The number of ether oxygens (including phenoxy) is 6. The van der Waals surface area contributed by atoms with E-state index in [0.717, 1.165) is 87.3 Å². The monoisotopic (exact) mass is 645 g/mol. The van der Waals surface area contributed by atoms with Crippen molar-refractivity contribution in [2.24, 2.45) is 4.99 Å². The molecule has 0 spiro atoms. The summed E-state index contributed by atoms with van der Waals surface area (Å²) < 4.78 is 34.0. The molecule has 0 saturated heterocycles. The number of aliphatic hydroxyl groups is 2. The summed E-state index contributed by atoms with van der Waals surface area (Å²) in [4.78, 5) is 4.58. The van der Waals surface area contributed by atoms with Gasteiger partial charge in [-0.05, 0) is 120 Å². The fraction of sp³-hybridized carbons (Fsp3) is 0.649. The third kappa shape index (κ3) is 21.3. The second-order valence-electron chi connectivity index (χ2n) is 12.0. The van der Waals surface area contributed by atoms with Crippen LogP contribution in [0.15, 0.2) is 53.5 Å². The summed E-state index contributed by atoms with van der Waals surface area (Å²) in [5, 5.41) is 18.5. The van der Waals surface area contributed by atoms with E-state index in [0.29, 0.717) is 39.6 Å². The maximum atomic E-state index is 9.24. The third-order valence-electron chi connectivity index (χ3n) is 6.93. The van der Waals surface area contributed by atoms with E-state index >= 15 is 0 Å². The largest absolute Gasteiger partial charge is 0.494 e. The maximum Gasteiger partial charge on any atom is 0.119 e. The van der Waals surface area contributed by atoms with Crippen molar-refractivity contribution < 1.29 is 38.6 Å². The summed E-state index contributed by atoms with van der Waals surface area (Å²) in [6, 6.07) is 15.8. The van der Waals surface area contributed by atoms with Gasteiger partial charge in [0.05, 0.1) is 69.7 Å². The molecule has 0 heterocycles. The topological polar surface area (TPSA) is 108 Å². The van der Waals surface area contributed by atoms with E-state index in [2.05, 4.69) is 4.99 Å². The number of hydrogen-bond acceptors (Lipinski definition) is 9. The Bertz CT molecular complexity index is 932. The van der Waals surface area contributed by atoms with Crippen LogP contribution in [0.25, 0.3) is 0 Å². The molecule has 2 aromatic carbocycles.